The summed E-state index contributed by atoms with van der Waals surface area (Å²) in [5, 5.41) is 78.6. The van der Waals surface area contributed by atoms with E-state index in [2.05, 4.69) is 0 Å². The molecule has 2 aliphatic rings. The van der Waals surface area contributed by atoms with Gasteiger partial charge in [0.25, 0.3) is 0 Å². The number of hydrogen-bond donors (Lipinski definition) is 7. The van der Waals surface area contributed by atoms with E-state index in [4.69, 9.17) is 51.6 Å². The molecule has 4 aromatic rings. The predicted molar refractivity (Wildman–Crippen MR) is 213 cm³/mol. The van der Waals surface area contributed by atoms with Crippen LogP contribution in [0, 0.1) is 0 Å². The number of halogens is 2. The highest BCUT2D eigenvalue weighted by Crippen LogP contribution is 2.45. The molecule has 0 spiro atoms. The molecule has 2 heterocycles. The first-order valence-corrected chi connectivity index (χ1v) is 19.8. The molecule has 2 fully saturated rings. The van der Waals surface area contributed by atoms with Gasteiger partial charge in [0.05, 0.1) is 26.4 Å². The summed E-state index contributed by atoms with van der Waals surface area (Å²) in [6, 6.07) is 24.5. The van der Waals surface area contributed by atoms with Crippen LogP contribution in [0.4, 0.5) is 0 Å². The highest BCUT2D eigenvalue weighted by Gasteiger charge is 2.60. The maximum absolute atomic E-state index is 11.6. The van der Waals surface area contributed by atoms with Gasteiger partial charge < -0.3 is 64.2 Å². The largest absolute Gasteiger partial charge is 0.494 e. The Morgan fingerprint density at radius 1 is 0.655 bits per heavy atom. The molecule has 15 heteroatoms. The summed E-state index contributed by atoms with van der Waals surface area (Å²) >= 11 is 13.2. The average molecular weight is 846 g/mol. The third-order valence-corrected chi connectivity index (χ3v) is 11.4. The zero-order valence-corrected chi connectivity index (χ0v) is 33.8. The molecule has 1 unspecified atom stereocenters. The maximum Gasteiger partial charge on any atom is 0.225 e. The molecule has 314 valence electrons. The fraction of sp³-hybridized carbons (Fsp3) is 0.442. The van der Waals surface area contributed by atoms with Crippen molar-refractivity contribution in [1.82, 2.24) is 0 Å². The number of ether oxygens (including phenoxy) is 6. The van der Waals surface area contributed by atoms with Crippen molar-refractivity contribution in [1.29, 1.82) is 0 Å². The van der Waals surface area contributed by atoms with Crippen molar-refractivity contribution in [3.63, 3.8) is 0 Å². The molecule has 0 bridgehead atoms. The van der Waals surface area contributed by atoms with E-state index in [0.717, 1.165) is 16.9 Å². The normalized spacial score (nSPS) is 29.0. The third-order valence-electron chi connectivity index (χ3n) is 10.6. The Morgan fingerprint density at radius 3 is 1.60 bits per heavy atom. The predicted octanol–water partition coefficient (Wildman–Crippen LogP) is 3.60. The number of methoxy groups -OCH3 is 1. The topological polar surface area (TPSA) is 197 Å². The van der Waals surface area contributed by atoms with Crippen molar-refractivity contribution in [3.05, 3.63) is 128 Å². The van der Waals surface area contributed by atoms with Gasteiger partial charge >= 0.3 is 0 Å². The zero-order chi connectivity index (χ0) is 41.8. The lowest BCUT2D eigenvalue weighted by atomic mass is 9.86. The van der Waals surface area contributed by atoms with Crippen molar-refractivity contribution in [2.45, 2.75) is 87.1 Å². The number of aliphatic hydroxyl groups is 7. The summed E-state index contributed by atoms with van der Waals surface area (Å²) in [5.41, 5.74) is 3.51. The van der Waals surface area contributed by atoms with Crippen LogP contribution < -0.4 is 9.47 Å². The van der Waals surface area contributed by atoms with Gasteiger partial charge in [0.15, 0.2) is 0 Å². The van der Waals surface area contributed by atoms with Crippen LogP contribution in [0.15, 0.2) is 84.9 Å². The Balaban J connectivity index is 1.26. The Morgan fingerprint density at radius 2 is 1.14 bits per heavy atom. The van der Waals surface area contributed by atoms with Crippen LogP contribution >= 0.6 is 23.2 Å². The van der Waals surface area contributed by atoms with E-state index in [9.17, 15) is 35.7 Å². The molecule has 58 heavy (non-hydrogen) atoms. The second-order valence-corrected chi connectivity index (χ2v) is 15.1. The zero-order valence-electron chi connectivity index (χ0n) is 32.3. The van der Waals surface area contributed by atoms with E-state index >= 15 is 0 Å². The lowest BCUT2D eigenvalue weighted by Crippen LogP contribution is -2.65. The summed E-state index contributed by atoms with van der Waals surface area (Å²) in [6.07, 6.45) is -12.9. The molecule has 7 N–H and O–H groups in total. The highest BCUT2D eigenvalue weighted by molar-refractivity contribution is 6.31. The van der Waals surface area contributed by atoms with Gasteiger partial charge in [0, 0.05) is 28.3 Å². The van der Waals surface area contributed by atoms with Crippen LogP contribution in [0.25, 0.3) is 0 Å². The average Bonchev–Trinajstić information content (AvgIpc) is 3.49. The van der Waals surface area contributed by atoms with Gasteiger partial charge in [-0.05, 0) is 97.5 Å². The summed E-state index contributed by atoms with van der Waals surface area (Å²) in [7, 11) is 1.29. The Hall–Kier alpha value is -3.38. The van der Waals surface area contributed by atoms with Gasteiger partial charge in [0.1, 0.15) is 60.3 Å². The first-order valence-electron chi connectivity index (χ1n) is 19.1. The molecular weight excluding hydrogens is 795 g/mol. The van der Waals surface area contributed by atoms with Crippen LogP contribution in [0.5, 0.6) is 11.5 Å². The number of hydrogen-bond acceptors (Lipinski definition) is 13. The fourth-order valence-electron chi connectivity index (χ4n) is 7.50. The summed E-state index contributed by atoms with van der Waals surface area (Å²) in [5.74, 6) is -2.83. The second-order valence-electron chi connectivity index (χ2n) is 14.3. The maximum atomic E-state index is 11.6. The lowest BCUT2D eigenvalue weighted by molar-refractivity contribution is -0.378. The Labute approximate surface area is 346 Å². The van der Waals surface area contributed by atoms with Crippen molar-refractivity contribution >= 4 is 23.2 Å². The van der Waals surface area contributed by atoms with Gasteiger partial charge in [-0.15, -0.1) is 0 Å². The molecule has 0 aliphatic carbocycles. The standard InChI is InChI=1S/C43H50Cl2O13/c1-4-54-30-12-6-24(7-13-30)18-26-20-28(10-16-32(26)44)42(53-3)41(52)38(50)39(58-42)34(47)23-56-43(40(51)37(49)36(48)35(22-46)57-43)29-11-17-33(45)27(21-29)19-25-8-14-31(15-9-25)55-5-2/h6-17,20-21,34-41,46-52H,4-5,18-19,22-23H2,1-3H3/t34?,35-,36-,37+,38+,39-,40-,41-,42+,43+/m1/s1. The molecule has 4 aromatic carbocycles. The summed E-state index contributed by atoms with van der Waals surface area (Å²) in [4.78, 5) is 0. The molecule has 0 amide bonds. The smallest absolute Gasteiger partial charge is 0.225 e. The second kappa shape index (κ2) is 18.9. The van der Waals surface area contributed by atoms with E-state index in [1.165, 1.54) is 13.2 Å². The number of rotatable bonds is 16. The van der Waals surface area contributed by atoms with E-state index in [0.29, 0.717) is 58.5 Å². The minimum absolute atomic E-state index is 0.141. The molecule has 6 rings (SSSR count). The summed E-state index contributed by atoms with van der Waals surface area (Å²) < 4.78 is 35.3. The van der Waals surface area contributed by atoms with Crippen molar-refractivity contribution in [2.24, 2.45) is 0 Å². The molecule has 13 nitrogen and oxygen atoms in total. The number of aliphatic hydroxyl groups excluding tert-OH is 7. The molecular formula is C43H50Cl2O13. The molecule has 0 saturated carbocycles. The highest BCUT2D eigenvalue weighted by atomic mass is 35.5. The van der Waals surface area contributed by atoms with Crippen LogP contribution in [-0.4, -0.2) is 118 Å². The Kier molecular flexibility index (Phi) is 14.4. The summed E-state index contributed by atoms with van der Waals surface area (Å²) in [6.45, 7) is 3.35. The third kappa shape index (κ3) is 8.89. The Bertz CT molecular complexity index is 1970. The van der Waals surface area contributed by atoms with Crippen molar-refractivity contribution in [2.75, 3.05) is 33.5 Å². The van der Waals surface area contributed by atoms with Crippen LogP contribution in [0.1, 0.15) is 47.2 Å². The van der Waals surface area contributed by atoms with E-state index in [1.807, 2.05) is 62.4 Å². The molecule has 2 saturated heterocycles. The van der Waals surface area contributed by atoms with E-state index in [-0.39, 0.29) is 5.56 Å². The lowest BCUT2D eigenvalue weighted by Gasteiger charge is -2.48. The van der Waals surface area contributed by atoms with Gasteiger partial charge in [-0.3, -0.25) is 0 Å². The van der Waals surface area contributed by atoms with Gasteiger partial charge in [-0.25, -0.2) is 0 Å². The fourth-order valence-corrected chi connectivity index (χ4v) is 7.87. The van der Waals surface area contributed by atoms with E-state index in [1.54, 1.807) is 30.3 Å². The quantitative estimate of drug-likeness (QED) is 0.0866. The molecule has 2 aliphatic heterocycles. The number of benzene rings is 4. The molecule has 0 radical (unpaired) electrons. The van der Waals surface area contributed by atoms with Crippen LogP contribution in [0.3, 0.4) is 0 Å². The monoisotopic (exact) mass is 844 g/mol. The van der Waals surface area contributed by atoms with Crippen molar-refractivity contribution < 1.29 is 64.2 Å². The van der Waals surface area contributed by atoms with Gasteiger partial charge in [-0.1, -0.05) is 59.6 Å². The first kappa shape index (κ1) is 44.2. The SMILES string of the molecule is CCOc1ccc(Cc2cc([C@]3(OCC(O)[C@H]4O[C@@](OC)(c5ccc(Cl)c(Cc6ccc(OCC)cc6)c5)[C@H](O)[C@H]4O)O[C@H](CO)[C@@H](O)[C@H](O)[C@H]3O)ccc2Cl)cc1. The van der Waals surface area contributed by atoms with Crippen LogP contribution in [0.2, 0.25) is 10.0 Å². The molecule has 0 aromatic heterocycles. The van der Waals surface area contributed by atoms with Crippen LogP contribution in [-0.2, 0) is 43.4 Å². The minimum atomic E-state index is -2.29. The van der Waals surface area contributed by atoms with E-state index < -0.39 is 73.6 Å². The van der Waals surface area contributed by atoms with Gasteiger partial charge in [0.2, 0.25) is 11.6 Å². The van der Waals surface area contributed by atoms with Crippen molar-refractivity contribution in [3.8, 4) is 11.5 Å². The molecule has 10 atom stereocenters. The minimum Gasteiger partial charge on any atom is -0.494 e. The van der Waals surface area contributed by atoms with Gasteiger partial charge in [-0.2, -0.15) is 0 Å². The first-order chi connectivity index (χ1) is 27.8.